The van der Waals surface area contributed by atoms with Gasteiger partial charge in [-0.1, -0.05) is 6.58 Å². The Morgan fingerprint density at radius 1 is 1.64 bits per heavy atom. The number of carboxylic acids is 1. The van der Waals surface area contributed by atoms with Crippen molar-refractivity contribution < 1.29 is 14.7 Å². The lowest BCUT2D eigenvalue weighted by Gasteiger charge is -1.96. The summed E-state index contributed by atoms with van der Waals surface area (Å²) in [5.41, 5.74) is -0.0921. The molecule has 0 saturated heterocycles. The molecule has 0 bridgehead atoms. The van der Waals surface area contributed by atoms with Crippen LogP contribution in [0.25, 0.3) is 0 Å². The molecule has 0 aliphatic carbocycles. The van der Waals surface area contributed by atoms with Crippen molar-refractivity contribution in [3.05, 3.63) is 22.1 Å². The van der Waals surface area contributed by atoms with Crippen molar-refractivity contribution in [2.24, 2.45) is 0 Å². The Morgan fingerprint density at radius 2 is 2.29 bits per heavy atom. The molecule has 0 saturated carbocycles. The Hall–Kier alpha value is -1.21. The molecule has 0 fully saturated rings. The van der Waals surface area contributed by atoms with Crippen molar-refractivity contribution in [1.82, 2.24) is 4.98 Å². The second kappa shape index (κ2) is 4.34. The summed E-state index contributed by atoms with van der Waals surface area (Å²) in [6.07, 6.45) is 0. The predicted octanol–water partition coefficient (Wildman–Crippen LogP) is 1.69. The molecule has 74 valence electrons. The second-order valence-corrected chi connectivity index (χ2v) is 4.02. The summed E-state index contributed by atoms with van der Waals surface area (Å²) in [5, 5.41) is 12.5. The van der Waals surface area contributed by atoms with Crippen LogP contribution in [0.1, 0.15) is 10.5 Å². The first kappa shape index (κ1) is 10.9. The molecule has 0 aliphatic heterocycles. The van der Waals surface area contributed by atoms with Crippen LogP contribution in [0.15, 0.2) is 16.4 Å². The van der Waals surface area contributed by atoms with Crippen molar-refractivity contribution in [2.45, 2.75) is 0 Å². The lowest BCUT2D eigenvalue weighted by Crippen LogP contribution is -2.10. The fourth-order valence-electron chi connectivity index (χ4n) is 0.594. The quantitative estimate of drug-likeness (QED) is 0.824. The number of thiazole rings is 1. The van der Waals surface area contributed by atoms with Gasteiger partial charge in [-0.3, -0.25) is 10.1 Å². The van der Waals surface area contributed by atoms with E-state index in [4.69, 9.17) is 5.11 Å². The molecule has 0 aromatic carbocycles. The van der Waals surface area contributed by atoms with Gasteiger partial charge in [0.1, 0.15) is 0 Å². The van der Waals surface area contributed by atoms with Crippen LogP contribution in [0, 0.1) is 0 Å². The van der Waals surface area contributed by atoms with Gasteiger partial charge in [0.2, 0.25) is 0 Å². The highest BCUT2D eigenvalue weighted by Crippen LogP contribution is 2.16. The average molecular weight is 277 g/mol. The number of rotatable bonds is 3. The van der Waals surface area contributed by atoms with Gasteiger partial charge in [0.25, 0.3) is 5.91 Å². The van der Waals surface area contributed by atoms with Gasteiger partial charge in [-0.15, -0.1) is 11.3 Å². The van der Waals surface area contributed by atoms with E-state index in [1.165, 1.54) is 5.38 Å². The molecular weight excluding hydrogens is 272 g/mol. The summed E-state index contributed by atoms with van der Waals surface area (Å²) in [4.78, 5) is 25.1. The normalized spacial score (nSPS) is 9.50. The fourth-order valence-corrected chi connectivity index (χ4v) is 1.37. The zero-order valence-corrected chi connectivity index (χ0v) is 9.18. The average Bonchev–Trinajstić information content (AvgIpc) is 2.52. The summed E-state index contributed by atoms with van der Waals surface area (Å²) < 4.78 is 0.157. The summed E-state index contributed by atoms with van der Waals surface area (Å²) in [6, 6.07) is 0. The number of carboxylic acid groups (broad SMARTS) is 1. The van der Waals surface area contributed by atoms with E-state index in [1.807, 2.05) is 0 Å². The zero-order valence-electron chi connectivity index (χ0n) is 6.78. The SMILES string of the molecule is C=C(Br)C(=O)Nc1nc(C(=O)O)cs1. The molecule has 2 N–H and O–H groups in total. The number of carbonyl (C=O) groups is 2. The number of nitrogens with zero attached hydrogens (tertiary/aromatic N) is 1. The monoisotopic (exact) mass is 276 g/mol. The molecule has 0 radical (unpaired) electrons. The number of amides is 1. The molecule has 14 heavy (non-hydrogen) atoms. The first-order valence-electron chi connectivity index (χ1n) is 3.35. The van der Waals surface area contributed by atoms with E-state index < -0.39 is 11.9 Å². The van der Waals surface area contributed by atoms with Crippen molar-refractivity contribution in [1.29, 1.82) is 0 Å². The van der Waals surface area contributed by atoms with Crippen LogP contribution in [0.4, 0.5) is 5.13 Å². The summed E-state index contributed by atoms with van der Waals surface area (Å²) in [7, 11) is 0. The Morgan fingerprint density at radius 3 is 2.71 bits per heavy atom. The van der Waals surface area contributed by atoms with E-state index >= 15 is 0 Å². The van der Waals surface area contributed by atoms with Crippen LogP contribution in [0.2, 0.25) is 0 Å². The van der Waals surface area contributed by atoms with Crippen LogP contribution >= 0.6 is 27.3 Å². The maximum absolute atomic E-state index is 11.1. The van der Waals surface area contributed by atoms with Crippen LogP contribution < -0.4 is 5.32 Å². The first-order chi connectivity index (χ1) is 6.50. The summed E-state index contributed by atoms with van der Waals surface area (Å²) >= 11 is 3.92. The molecule has 1 aromatic rings. The molecule has 1 amide bonds. The van der Waals surface area contributed by atoms with Crippen LogP contribution in [-0.4, -0.2) is 22.0 Å². The number of aromatic carboxylic acids is 1. The predicted molar refractivity (Wildman–Crippen MR) is 55.8 cm³/mol. The Bertz CT molecular complexity index is 401. The Kier molecular flexibility index (Phi) is 3.37. The van der Waals surface area contributed by atoms with E-state index in [0.717, 1.165) is 11.3 Å². The molecule has 7 heteroatoms. The standard InChI is InChI=1S/C7H5BrN2O3S/c1-3(8)5(11)10-7-9-4(2-14-7)6(12)13/h2H,1H2,(H,12,13)(H,9,10,11). The Balaban J connectivity index is 2.74. The molecular formula is C7H5BrN2O3S. The third-order valence-corrected chi connectivity index (χ3v) is 2.31. The topological polar surface area (TPSA) is 79.3 Å². The smallest absolute Gasteiger partial charge is 0.355 e. The van der Waals surface area contributed by atoms with Gasteiger partial charge in [-0.2, -0.15) is 0 Å². The maximum Gasteiger partial charge on any atom is 0.355 e. The third-order valence-electron chi connectivity index (χ3n) is 1.19. The molecule has 5 nitrogen and oxygen atoms in total. The number of anilines is 1. The van der Waals surface area contributed by atoms with Gasteiger partial charge in [0.05, 0.1) is 4.48 Å². The summed E-state index contributed by atoms with van der Waals surface area (Å²) in [6.45, 7) is 3.36. The largest absolute Gasteiger partial charge is 0.476 e. The van der Waals surface area contributed by atoms with E-state index in [1.54, 1.807) is 0 Å². The zero-order chi connectivity index (χ0) is 10.7. The fraction of sp³-hybridized carbons (Fsp3) is 0. The van der Waals surface area contributed by atoms with Crippen molar-refractivity contribution in [3.8, 4) is 0 Å². The summed E-state index contributed by atoms with van der Waals surface area (Å²) in [5.74, 6) is -1.57. The van der Waals surface area contributed by atoms with E-state index in [-0.39, 0.29) is 15.3 Å². The van der Waals surface area contributed by atoms with E-state index in [2.05, 4.69) is 32.8 Å². The molecule has 1 rings (SSSR count). The third kappa shape index (κ3) is 2.64. The highest BCUT2D eigenvalue weighted by molar-refractivity contribution is 9.12. The minimum atomic E-state index is -1.13. The molecule has 1 aromatic heterocycles. The number of aromatic nitrogens is 1. The number of carbonyl (C=O) groups excluding carboxylic acids is 1. The van der Waals surface area contributed by atoms with Crippen LogP contribution in [-0.2, 0) is 4.79 Å². The van der Waals surface area contributed by atoms with Crippen molar-refractivity contribution >= 4 is 44.3 Å². The number of halogens is 1. The van der Waals surface area contributed by atoms with Crippen LogP contribution in [0.5, 0.6) is 0 Å². The van der Waals surface area contributed by atoms with Gasteiger partial charge in [-0.05, 0) is 15.9 Å². The minimum Gasteiger partial charge on any atom is -0.476 e. The molecule has 0 atom stereocenters. The second-order valence-electron chi connectivity index (χ2n) is 2.20. The molecule has 0 aliphatic rings. The number of hydrogen-bond acceptors (Lipinski definition) is 4. The lowest BCUT2D eigenvalue weighted by atomic mass is 10.5. The number of hydrogen-bond donors (Lipinski definition) is 2. The van der Waals surface area contributed by atoms with Gasteiger partial charge < -0.3 is 5.11 Å². The minimum absolute atomic E-state index is 0.0921. The van der Waals surface area contributed by atoms with Gasteiger partial charge >= 0.3 is 5.97 Å². The van der Waals surface area contributed by atoms with Gasteiger partial charge in [0, 0.05) is 5.38 Å². The van der Waals surface area contributed by atoms with Gasteiger partial charge in [-0.25, -0.2) is 9.78 Å². The van der Waals surface area contributed by atoms with E-state index in [9.17, 15) is 9.59 Å². The lowest BCUT2D eigenvalue weighted by molar-refractivity contribution is -0.112. The number of nitrogens with one attached hydrogen (secondary N) is 1. The van der Waals surface area contributed by atoms with E-state index in [0.29, 0.717) is 0 Å². The highest BCUT2D eigenvalue weighted by atomic mass is 79.9. The van der Waals surface area contributed by atoms with Crippen molar-refractivity contribution in [2.75, 3.05) is 5.32 Å². The first-order valence-corrected chi connectivity index (χ1v) is 5.02. The Labute approximate surface area is 91.6 Å². The molecule has 0 unspecified atom stereocenters. The molecule has 1 heterocycles. The van der Waals surface area contributed by atoms with Crippen molar-refractivity contribution in [3.63, 3.8) is 0 Å². The van der Waals surface area contributed by atoms with Crippen LogP contribution in [0.3, 0.4) is 0 Å². The van der Waals surface area contributed by atoms with Gasteiger partial charge in [0.15, 0.2) is 10.8 Å². The maximum atomic E-state index is 11.1. The highest BCUT2D eigenvalue weighted by Gasteiger charge is 2.11. The molecule has 0 spiro atoms.